The standard InChI is InChI=1S/C25H26N8O3/c26-22-23(27)33(21-9-8-18(16-28-21)35-15-12-31-10-13-34-14-11-31)25-24(29-36-30-25)32(22)20-7-3-5-17-4-1-2-6-19(17)20/h1-9,16,23,26H,10-15,27H2. The minimum atomic E-state index is -0.857. The Labute approximate surface area is 207 Å². The Morgan fingerprint density at radius 3 is 2.64 bits per heavy atom. The van der Waals surface area contributed by atoms with Gasteiger partial charge in [0.2, 0.25) is 11.6 Å². The van der Waals surface area contributed by atoms with E-state index in [-0.39, 0.29) is 5.84 Å². The second-order valence-electron chi connectivity index (χ2n) is 8.60. The Hall–Kier alpha value is -4.06. The number of hydrogen-bond donors (Lipinski definition) is 2. The molecule has 11 heteroatoms. The summed E-state index contributed by atoms with van der Waals surface area (Å²) in [6, 6.07) is 17.5. The summed E-state index contributed by atoms with van der Waals surface area (Å²) in [5, 5.41) is 19.2. The van der Waals surface area contributed by atoms with E-state index in [0.717, 1.165) is 49.3 Å². The van der Waals surface area contributed by atoms with Crippen molar-refractivity contribution in [3.8, 4) is 5.75 Å². The molecule has 2 aliphatic rings. The van der Waals surface area contributed by atoms with Crippen molar-refractivity contribution in [2.24, 2.45) is 5.73 Å². The van der Waals surface area contributed by atoms with E-state index in [1.807, 2.05) is 48.5 Å². The van der Waals surface area contributed by atoms with Crippen LogP contribution in [0.1, 0.15) is 0 Å². The Morgan fingerprint density at radius 1 is 1.00 bits per heavy atom. The first-order chi connectivity index (χ1) is 17.7. The largest absolute Gasteiger partial charge is 0.491 e. The third-order valence-electron chi connectivity index (χ3n) is 6.45. The third kappa shape index (κ3) is 4.02. The summed E-state index contributed by atoms with van der Waals surface area (Å²) in [6.45, 7) is 4.76. The number of benzene rings is 2. The van der Waals surface area contributed by atoms with Crippen LogP contribution in [0.5, 0.6) is 5.75 Å². The zero-order valence-electron chi connectivity index (χ0n) is 19.6. The molecule has 0 bridgehead atoms. The van der Waals surface area contributed by atoms with Gasteiger partial charge in [-0.25, -0.2) is 9.61 Å². The number of anilines is 4. The van der Waals surface area contributed by atoms with Gasteiger partial charge in [-0.2, -0.15) is 0 Å². The second kappa shape index (κ2) is 9.53. The first-order valence-corrected chi connectivity index (χ1v) is 11.8. The molecule has 4 heterocycles. The summed E-state index contributed by atoms with van der Waals surface area (Å²) in [7, 11) is 0. The molecule has 184 valence electrons. The van der Waals surface area contributed by atoms with Crippen LogP contribution in [-0.4, -0.2) is 71.7 Å². The predicted octanol–water partition coefficient (Wildman–Crippen LogP) is 2.88. The van der Waals surface area contributed by atoms with E-state index < -0.39 is 6.17 Å². The van der Waals surface area contributed by atoms with Crippen molar-refractivity contribution in [3.63, 3.8) is 0 Å². The normalized spacial score (nSPS) is 18.5. The monoisotopic (exact) mass is 486 g/mol. The van der Waals surface area contributed by atoms with Crippen LogP contribution in [0, 0.1) is 5.41 Å². The molecule has 1 unspecified atom stereocenters. The first-order valence-electron chi connectivity index (χ1n) is 11.8. The van der Waals surface area contributed by atoms with Gasteiger partial charge in [0.05, 0.1) is 25.1 Å². The maximum Gasteiger partial charge on any atom is 0.228 e. The van der Waals surface area contributed by atoms with Crippen molar-refractivity contribution in [2.75, 3.05) is 49.3 Å². The minimum Gasteiger partial charge on any atom is -0.491 e. The molecule has 4 aromatic rings. The number of nitrogens with one attached hydrogen (secondary N) is 1. The number of pyridine rings is 1. The predicted molar refractivity (Wildman–Crippen MR) is 135 cm³/mol. The Balaban J connectivity index is 1.25. The quantitative estimate of drug-likeness (QED) is 0.419. The summed E-state index contributed by atoms with van der Waals surface area (Å²) in [6.07, 6.45) is 0.791. The molecule has 1 saturated heterocycles. The Morgan fingerprint density at radius 2 is 1.81 bits per heavy atom. The summed E-state index contributed by atoms with van der Waals surface area (Å²) in [4.78, 5) is 10.2. The fourth-order valence-electron chi connectivity index (χ4n) is 4.59. The number of morpholine rings is 1. The van der Waals surface area contributed by atoms with E-state index in [1.54, 1.807) is 22.1 Å². The van der Waals surface area contributed by atoms with Crippen molar-refractivity contribution >= 4 is 39.7 Å². The van der Waals surface area contributed by atoms with E-state index in [0.29, 0.717) is 29.8 Å². The number of aromatic nitrogens is 3. The summed E-state index contributed by atoms with van der Waals surface area (Å²) < 4.78 is 16.4. The van der Waals surface area contributed by atoms with Crippen LogP contribution >= 0.6 is 0 Å². The maximum atomic E-state index is 8.93. The highest BCUT2D eigenvalue weighted by Crippen LogP contribution is 2.42. The molecule has 36 heavy (non-hydrogen) atoms. The van der Waals surface area contributed by atoms with Crippen molar-refractivity contribution in [3.05, 3.63) is 60.8 Å². The van der Waals surface area contributed by atoms with Crippen LogP contribution < -0.4 is 20.3 Å². The highest BCUT2D eigenvalue weighted by atomic mass is 16.6. The molecular weight excluding hydrogens is 460 g/mol. The first kappa shape index (κ1) is 22.4. The number of nitrogens with zero attached hydrogens (tertiary/aromatic N) is 6. The molecule has 11 nitrogen and oxygen atoms in total. The van der Waals surface area contributed by atoms with Gasteiger partial charge in [-0.3, -0.25) is 20.1 Å². The van der Waals surface area contributed by atoms with E-state index in [4.69, 9.17) is 25.2 Å². The van der Waals surface area contributed by atoms with Crippen molar-refractivity contribution in [1.29, 1.82) is 5.41 Å². The lowest BCUT2D eigenvalue weighted by molar-refractivity contribution is 0.0322. The fourth-order valence-corrected chi connectivity index (χ4v) is 4.59. The van der Waals surface area contributed by atoms with Crippen LogP contribution in [0.15, 0.2) is 65.4 Å². The van der Waals surface area contributed by atoms with Crippen molar-refractivity contribution in [2.45, 2.75) is 6.17 Å². The van der Waals surface area contributed by atoms with Crippen molar-refractivity contribution < 1.29 is 14.1 Å². The number of fused-ring (bicyclic) bond motifs is 2. The van der Waals surface area contributed by atoms with Crippen LogP contribution in [0.3, 0.4) is 0 Å². The van der Waals surface area contributed by atoms with Crippen LogP contribution in [0.25, 0.3) is 10.8 Å². The fraction of sp³-hybridized carbons (Fsp3) is 0.280. The average molecular weight is 487 g/mol. The maximum absolute atomic E-state index is 8.93. The lowest BCUT2D eigenvalue weighted by atomic mass is 10.1. The molecule has 3 N–H and O–H groups in total. The van der Waals surface area contributed by atoms with E-state index >= 15 is 0 Å². The summed E-state index contributed by atoms with van der Waals surface area (Å²) in [5.74, 6) is 2.07. The van der Waals surface area contributed by atoms with Crippen LogP contribution in [0.4, 0.5) is 23.1 Å². The van der Waals surface area contributed by atoms with Gasteiger partial charge < -0.3 is 15.2 Å². The number of hydrogen-bond acceptors (Lipinski definition) is 10. The summed E-state index contributed by atoms with van der Waals surface area (Å²) >= 11 is 0. The van der Waals surface area contributed by atoms with Crippen molar-refractivity contribution in [1.82, 2.24) is 20.2 Å². The lowest BCUT2D eigenvalue weighted by Gasteiger charge is -2.38. The smallest absolute Gasteiger partial charge is 0.228 e. The highest BCUT2D eigenvalue weighted by molar-refractivity contribution is 6.15. The van der Waals surface area contributed by atoms with Gasteiger partial charge >= 0.3 is 0 Å². The van der Waals surface area contributed by atoms with Gasteiger partial charge in [-0.15, -0.1) is 0 Å². The zero-order chi connectivity index (χ0) is 24.5. The van der Waals surface area contributed by atoms with Gasteiger partial charge in [-0.1, -0.05) is 36.4 Å². The van der Waals surface area contributed by atoms with Gasteiger partial charge in [0.1, 0.15) is 30.2 Å². The van der Waals surface area contributed by atoms with Gasteiger partial charge in [0.15, 0.2) is 0 Å². The second-order valence-corrected chi connectivity index (χ2v) is 8.60. The summed E-state index contributed by atoms with van der Waals surface area (Å²) in [5.41, 5.74) is 7.34. The van der Waals surface area contributed by atoms with Crippen LogP contribution in [-0.2, 0) is 4.74 Å². The molecule has 6 rings (SSSR count). The molecular formula is C25H26N8O3. The third-order valence-corrected chi connectivity index (χ3v) is 6.45. The average Bonchev–Trinajstić information content (AvgIpc) is 3.40. The van der Waals surface area contributed by atoms with Gasteiger partial charge in [-0.05, 0) is 33.9 Å². The van der Waals surface area contributed by atoms with E-state index in [2.05, 4.69) is 20.2 Å². The molecule has 0 spiro atoms. The SMILES string of the molecule is N=C1C(N)N(c2ccc(OCCN3CCOCC3)cn2)c2nonc2N1c1cccc2ccccc12. The molecule has 0 aliphatic carbocycles. The number of ether oxygens (including phenoxy) is 2. The van der Waals surface area contributed by atoms with E-state index in [1.165, 1.54) is 0 Å². The Kier molecular flexibility index (Phi) is 5.93. The highest BCUT2D eigenvalue weighted by Gasteiger charge is 2.40. The minimum absolute atomic E-state index is 0.127. The molecule has 1 fully saturated rings. The molecule has 1 atom stereocenters. The molecule has 0 amide bonds. The molecule has 0 radical (unpaired) electrons. The molecule has 2 aliphatic heterocycles. The Bertz CT molecular complexity index is 1360. The van der Waals surface area contributed by atoms with Gasteiger partial charge in [0, 0.05) is 25.0 Å². The van der Waals surface area contributed by atoms with Gasteiger partial charge in [0.25, 0.3) is 0 Å². The van der Waals surface area contributed by atoms with Crippen LogP contribution in [0.2, 0.25) is 0 Å². The van der Waals surface area contributed by atoms with E-state index in [9.17, 15) is 0 Å². The number of nitrogens with two attached hydrogens (primary N) is 1. The number of rotatable bonds is 6. The molecule has 2 aromatic carbocycles. The zero-order valence-corrected chi connectivity index (χ0v) is 19.6. The number of amidine groups is 1. The lowest BCUT2D eigenvalue weighted by Crippen LogP contribution is -2.55. The topological polar surface area (TPSA) is 130 Å². The molecule has 2 aromatic heterocycles. The molecule has 0 saturated carbocycles.